The third kappa shape index (κ3) is 5.38. The zero-order valence-electron chi connectivity index (χ0n) is 14.8. The zero-order valence-corrected chi connectivity index (χ0v) is 16.3. The maximum Gasteiger partial charge on any atom is 0.243 e. The number of aryl methyl sites for hydroxylation is 1. The normalized spacial score (nSPS) is 10.3. The van der Waals surface area contributed by atoms with Gasteiger partial charge in [-0.3, -0.25) is 9.59 Å². The lowest BCUT2D eigenvalue weighted by Gasteiger charge is -2.17. The molecule has 0 aliphatic carbocycles. The fourth-order valence-electron chi connectivity index (χ4n) is 2.36. The van der Waals surface area contributed by atoms with Gasteiger partial charge in [0, 0.05) is 12.7 Å². The van der Waals surface area contributed by atoms with Gasteiger partial charge in [-0.15, -0.1) is 0 Å². The molecule has 26 heavy (non-hydrogen) atoms. The molecular weight excluding hydrogens is 375 g/mol. The third-order valence-electron chi connectivity index (χ3n) is 3.84. The Balaban J connectivity index is 1.93. The van der Waals surface area contributed by atoms with Crippen molar-refractivity contribution in [2.45, 2.75) is 13.3 Å². The van der Waals surface area contributed by atoms with Crippen molar-refractivity contribution in [2.24, 2.45) is 0 Å². The summed E-state index contributed by atoms with van der Waals surface area (Å²) in [5, 5.41) is 3.45. The number of carbonyl (C=O) groups is 2. The number of halogens is 2. The van der Waals surface area contributed by atoms with E-state index in [1.165, 1.54) is 4.90 Å². The number of benzene rings is 2. The molecule has 2 aromatic rings. The van der Waals surface area contributed by atoms with E-state index in [2.05, 4.69) is 5.32 Å². The van der Waals surface area contributed by atoms with E-state index in [0.717, 1.165) is 16.9 Å². The summed E-state index contributed by atoms with van der Waals surface area (Å²) in [6.07, 6.45) is 0.188. The Labute approximate surface area is 162 Å². The Morgan fingerprint density at radius 1 is 1.12 bits per heavy atom. The largest absolute Gasteiger partial charge is 0.496 e. The van der Waals surface area contributed by atoms with Crippen molar-refractivity contribution in [3.8, 4) is 5.75 Å². The van der Waals surface area contributed by atoms with Gasteiger partial charge in [-0.2, -0.15) is 0 Å². The number of carbonyl (C=O) groups excluding carboxylic acids is 2. The molecule has 0 aromatic heterocycles. The quantitative estimate of drug-likeness (QED) is 0.806. The molecule has 0 radical (unpaired) electrons. The molecular formula is C19H20Cl2N2O3. The van der Waals surface area contributed by atoms with Crippen LogP contribution < -0.4 is 10.1 Å². The molecule has 2 rings (SSSR count). The molecule has 0 aliphatic rings. The van der Waals surface area contributed by atoms with Gasteiger partial charge < -0.3 is 15.0 Å². The highest BCUT2D eigenvalue weighted by Gasteiger charge is 2.15. The first kappa shape index (κ1) is 20.1. The predicted molar refractivity (Wildman–Crippen MR) is 104 cm³/mol. The van der Waals surface area contributed by atoms with Crippen molar-refractivity contribution in [3.05, 3.63) is 57.6 Å². The molecule has 5 nitrogen and oxygen atoms in total. The van der Waals surface area contributed by atoms with E-state index in [-0.39, 0.29) is 24.8 Å². The summed E-state index contributed by atoms with van der Waals surface area (Å²) in [5.41, 5.74) is 2.35. The molecule has 0 fully saturated rings. The van der Waals surface area contributed by atoms with Crippen molar-refractivity contribution < 1.29 is 14.3 Å². The first-order valence-electron chi connectivity index (χ1n) is 7.92. The van der Waals surface area contributed by atoms with Gasteiger partial charge in [-0.1, -0.05) is 35.3 Å². The monoisotopic (exact) mass is 394 g/mol. The van der Waals surface area contributed by atoms with E-state index < -0.39 is 0 Å². The number of nitrogens with zero attached hydrogens (tertiary/aromatic N) is 1. The van der Waals surface area contributed by atoms with Gasteiger partial charge in [0.05, 0.1) is 30.1 Å². The fourth-order valence-corrected chi connectivity index (χ4v) is 2.66. The minimum atomic E-state index is -0.319. The summed E-state index contributed by atoms with van der Waals surface area (Å²) in [6, 6.07) is 10.4. The summed E-state index contributed by atoms with van der Waals surface area (Å²) in [6.45, 7) is 1.87. The number of nitrogens with one attached hydrogen (secondary N) is 1. The van der Waals surface area contributed by atoms with Gasteiger partial charge in [-0.05, 0) is 42.3 Å². The summed E-state index contributed by atoms with van der Waals surface area (Å²) in [4.78, 5) is 25.8. The smallest absolute Gasteiger partial charge is 0.243 e. The molecule has 2 amide bonds. The van der Waals surface area contributed by atoms with Crippen LogP contribution in [0.4, 0.5) is 5.69 Å². The topological polar surface area (TPSA) is 58.6 Å². The molecule has 2 aromatic carbocycles. The third-order valence-corrected chi connectivity index (χ3v) is 4.58. The van der Waals surface area contributed by atoms with Gasteiger partial charge in [0.1, 0.15) is 5.75 Å². The van der Waals surface area contributed by atoms with Crippen LogP contribution in [0.5, 0.6) is 5.75 Å². The van der Waals surface area contributed by atoms with Crippen LogP contribution in [0.2, 0.25) is 10.0 Å². The molecule has 0 atom stereocenters. The van der Waals surface area contributed by atoms with Crippen molar-refractivity contribution in [2.75, 3.05) is 26.0 Å². The van der Waals surface area contributed by atoms with E-state index >= 15 is 0 Å². The Morgan fingerprint density at radius 2 is 1.85 bits per heavy atom. The van der Waals surface area contributed by atoms with Gasteiger partial charge in [-0.25, -0.2) is 0 Å². The molecule has 1 N–H and O–H groups in total. The first-order valence-corrected chi connectivity index (χ1v) is 8.68. The van der Waals surface area contributed by atoms with Gasteiger partial charge in [0.15, 0.2) is 0 Å². The summed E-state index contributed by atoms with van der Waals surface area (Å²) < 4.78 is 5.27. The molecule has 0 heterocycles. The number of anilines is 1. The second-order valence-electron chi connectivity index (χ2n) is 5.91. The second kappa shape index (κ2) is 8.92. The fraction of sp³-hybridized carbons (Fsp3) is 0.263. The number of ether oxygens (including phenoxy) is 1. The highest BCUT2D eigenvalue weighted by molar-refractivity contribution is 6.42. The van der Waals surface area contributed by atoms with Crippen LogP contribution in [-0.4, -0.2) is 37.4 Å². The molecule has 0 spiro atoms. The SMILES string of the molecule is COc1cc(CC(=O)N(C)CC(=O)Nc2ccc(Cl)c(Cl)c2)ccc1C. The minimum absolute atomic E-state index is 0.0674. The van der Waals surface area contributed by atoms with Crippen LogP contribution in [-0.2, 0) is 16.0 Å². The Hall–Kier alpha value is -2.24. The van der Waals surface area contributed by atoms with Crippen LogP contribution in [0.15, 0.2) is 36.4 Å². The van der Waals surface area contributed by atoms with Crippen molar-refractivity contribution in [1.29, 1.82) is 0 Å². The van der Waals surface area contributed by atoms with Crippen LogP contribution in [0.25, 0.3) is 0 Å². The van der Waals surface area contributed by atoms with Crippen LogP contribution in [0.3, 0.4) is 0 Å². The van der Waals surface area contributed by atoms with Crippen LogP contribution >= 0.6 is 23.2 Å². The van der Waals surface area contributed by atoms with Gasteiger partial charge in [0.25, 0.3) is 0 Å². The molecule has 0 unspecified atom stereocenters. The van der Waals surface area contributed by atoms with Crippen LogP contribution in [0.1, 0.15) is 11.1 Å². The molecule has 0 saturated carbocycles. The first-order chi connectivity index (χ1) is 12.3. The highest BCUT2D eigenvalue weighted by Crippen LogP contribution is 2.25. The number of methoxy groups -OCH3 is 1. The van der Waals surface area contributed by atoms with Crippen LogP contribution in [0, 0.1) is 6.92 Å². The highest BCUT2D eigenvalue weighted by atomic mass is 35.5. The predicted octanol–water partition coefficient (Wildman–Crippen LogP) is 3.95. The molecule has 7 heteroatoms. The number of amides is 2. The molecule has 0 bridgehead atoms. The van der Waals surface area contributed by atoms with Gasteiger partial charge in [0.2, 0.25) is 11.8 Å². The van der Waals surface area contributed by atoms with E-state index in [4.69, 9.17) is 27.9 Å². The van der Waals surface area contributed by atoms with E-state index in [0.29, 0.717) is 15.7 Å². The lowest BCUT2D eigenvalue weighted by molar-refractivity contribution is -0.132. The summed E-state index contributed by atoms with van der Waals surface area (Å²) in [5.74, 6) is 0.247. The molecule has 138 valence electrons. The minimum Gasteiger partial charge on any atom is -0.496 e. The number of likely N-dealkylation sites (N-methyl/N-ethyl adjacent to an activating group) is 1. The maximum atomic E-state index is 12.4. The molecule has 0 saturated heterocycles. The van der Waals surface area contributed by atoms with Crippen molar-refractivity contribution >= 4 is 40.7 Å². The van der Waals surface area contributed by atoms with E-state index in [1.807, 2.05) is 25.1 Å². The average Bonchev–Trinajstić information content (AvgIpc) is 2.59. The maximum absolute atomic E-state index is 12.4. The second-order valence-corrected chi connectivity index (χ2v) is 6.72. The molecule has 0 aliphatic heterocycles. The lowest BCUT2D eigenvalue weighted by atomic mass is 10.1. The van der Waals surface area contributed by atoms with Gasteiger partial charge >= 0.3 is 0 Å². The summed E-state index contributed by atoms with van der Waals surface area (Å²) >= 11 is 11.8. The Bertz CT molecular complexity index is 824. The average molecular weight is 395 g/mol. The van der Waals surface area contributed by atoms with Crippen molar-refractivity contribution in [3.63, 3.8) is 0 Å². The number of hydrogen-bond donors (Lipinski definition) is 1. The Kier molecular flexibility index (Phi) is 6.89. The van der Waals surface area contributed by atoms with Crippen molar-refractivity contribution in [1.82, 2.24) is 4.90 Å². The standard InChI is InChI=1S/C19H20Cl2N2O3/c1-12-4-5-13(8-17(12)26-3)9-19(25)23(2)11-18(24)22-14-6-7-15(20)16(21)10-14/h4-8,10H,9,11H2,1-3H3,(H,22,24). The number of hydrogen-bond acceptors (Lipinski definition) is 3. The Morgan fingerprint density at radius 3 is 2.50 bits per heavy atom. The number of rotatable bonds is 6. The van der Waals surface area contributed by atoms with E-state index in [1.54, 1.807) is 32.4 Å². The van der Waals surface area contributed by atoms with E-state index in [9.17, 15) is 9.59 Å². The zero-order chi connectivity index (χ0) is 19.3. The lowest BCUT2D eigenvalue weighted by Crippen LogP contribution is -2.35. The summed E-state index contributed by atoms with van der Waals surface area (Å²) in [7, 11) is 3.18.